The molecule has 2 aromatic rings. The van der Waals surface area contributed by atoms with E-state index in [9.17, 15) is 4.79 Å². The van der Waals surface area contributed by atoms with Gasteiger partial charge in [-0.15, -0.1) is 0 Å². The summed E-state index contributed by atoms with van der Waals surface area (Å²) < 4.78 is 7.43. The molecule has 0 radical (unpaired) electrons. The van der Waals surface area contributed by atoms with Crippen LogP contribution in [-0.4, -0.2) is 12.5 Å². The van der Waals surface area contributed by atoms with Crippen LogP contribution < -0.4 is 10.1 Å². The van der Waals surface area contributed by atoms with Crippen LogP contribution in [0.15, 0.2) is 57.5 Å². The molecule has 1 atom stereocenters. The minimum Gasteiger partial charge on any atom is -0.484 e. The van der Waals surface area contributed by atoms with Gasteiger partial charge in [0.15, 0.2) is 6.61 Å². The van der Waals surface area contributed by atoms with Gasteiger partial charge in [0.1, 0.15) is 5.75 Å². The van der Waals surface area contributed by atoms with E-state index in [1.165, 1.54) is 0 Å². The first kappa shape index (κ1) is 16.0. The highest BCUT2D eigenvalue weighted by Gasteiger charge is 2.10. The third kappa shape index (κ3) is 5.17. The summed E-state index contributed by atoms with van der Waals surface area (Å²) in [5.41, 5.74) is 1.05. The molecular weight excluding hydrogens is 398 g/mol. The SMILES string of the molecule is C[C@H](NC(=O)COc1ccc(Br)cc1)c1ccc(Br)cc1. The summed E-state index contributed by atoms with van der Waals surface area (Å²) in [7, 11) is 0. The molecule has 0 saturated heterocycles. The van der Waals surface area contributed by atoms with E-state index in [0.29, 0.717) is 5.75 Å². The molecule has 0 aromatic heterocycles. The van der Waals surface area contributed by atoms with E-state index in [4.69, 9.17) is 4.74 Å². The topological polar surface area (TPSA) is 38.3 Å². The van der Waals surface area contributed by atoms with Crippen molar-refractivity contribution in [1.82, 2.24) is 5.32 Å². The third-order valence-corrected chi connectivity index (χ3v) is 3.99. The summed E-state index contributed by atoms with van der Waals surface area (Å²) >= 11 is 6.74. The highest BCUT2D eigenvalue weighted by molar-refractivity contribution is 9.10. The fourth-order valence-electron chi connectivity index (χ4n) is 1.80. The molecule has 0 aliphatic carbocycles. The monoisotopic (exact) mass is 411 g/mol. The molecule has 0 bridgehead atoms. The number of ether oxygens (including phenoxy) is 1. The lowest BCUT2D eigenvalue weighted by Crippen LogP contribution is -2.31. The Kier molecular flexibility index (Phi) is 5.82. The summed E-state index contributed by atoms with van der Waals surface area (Å²) in [5.74, 6) is 0.526. The van der Waals surface area contributed by atoms with Gasteiger partial charge in [-0.05, 0) is 48.9 Å². The Balaban J connectivity index is 1.83. The minimum atomic E-state index is -0.145. The van der Waals surface area contributed by atoms with Gasteiger partial charge in [-0.1, -0.05) is 44.0 Å². The average molecular weight is 413 g/mol. The number of hydrogen-bond donors (Lipinski definition) is 1. The summed E-state index contributed by atoms with van der Waals surface area (Å²) in [6.45, 7) is 1.95. The number of rotatable bonds is 5. The minimum absolute atomic E-state index is 0.00248. The van der Waals surface area contributed by atoms with Gasteiger partial charge in [0.2, 0.25) is 0 Å². The number of carbonyl (C=O) groups excluding carboxylic acids is 1. The largest absolute Gasteiger partial charge is 0.484 e. The smallest absolute Gasteiger partial charge is 0.258 e. The van der Waals surface area contributed by atoms with Gasteiger partial charge < -0.3 is 10.1 Å². The van der Waals surface area contributed by atoms with Crippen molar-refractivity contribution in [3.8, 4) is 5.75 Å². The predicted molar refractivity (Wildman–Crippen MR) is 90.3 cm³/mol. The molecule has 2 aromatic carbocycles. The number of halogens is 2. The third-order valence-electron chi connectivity index (χ3n) is 2.93. The fraction of sp³-hybridized carbons (Fsp3) is 0.188. The zero-order valence-corrected chi connectivity index (χ0v) is 14.6. The Morgan fingerprint density at radius 2 is 1.57 bits per heavy atom. The molecular formula is C16H15Br2NO2. The summed E-state index contributed by atoms with van der Waals surface area (Å²) in [6.07, 6.45) is 0. The van der Waals surface area contributed by atoms with Gasteiger partial charge in [-0.3, -0.25) is 4.79 Å². The zero-order valence-electron chi connectivity index (χ0n) is 11.5. The van der Waals surface area contributed by atoms with Crippen LogP contribution in [0.4, 0.5) is 0 Å². The molecule has 0 spiro atoms. The first-order chi connectivity index (χ1) is 10.0. The van der Waals surface area contributed by atoms with Gasteiger partial charge in [0.25, 0.3) is 5.91 Å². The summed E-state index contributed by atoms with van der Waals surface area (Å²) in [4.78, 5) is 11.9. The lowest BCUT2D eigenvalue weighted by Gasteiger charge is -2.15. The molecule has 0 fully saturated rings. The van der Waals surface area contributed by atoms with E-state index in [1.807, 2.05) is 55.5 Å². The Morgan fingerprint density at radius 1 is 1.05 bits per heavy atom. The van der Waals surface area contributed by atoms with Crippen LogP contribution in [0.25, 0.3) is 0 Å². The van der Waals surface area contributed by atoms with Crippen molar-refractivity contribution in [2.45, 2.75) is 13.0 Å². The maximum Gasteiger partial charge on any atom is 0.258 e. The van der Waals surface area contributed by atoms with Crippen molar-refractivity contribution in [2.24, 2.45) is 0 Å². The molecule has 0 aliphatic rings. The van der Waals surface area contributed by atoms with Crippen molar-refractivity contribution in [3.05, 3.63) is 63.0 Å². The first-order valence-electron chi connectivity index (χ1n) is 6.48. The van der Waals surface area contributed by atoms with Crippen LogP contribution in [0.1, 0.15) is 18.5 Å². The Bertz CT molecular complexity index is 597. The molecule has 21 heavy (non-hydrogen) atoms. The highest BCUT2D eigenvalue weighted by atomic mass is 79.9. The van der Waals surface area contributed by atoms with E-state index in [-0.39, 0.29) is 18.6 Å². The van der Waals surface area contributed by atoms with Gasteiger partial charge in [0, 0.05) is 8.95 Å². The molecule has 5 heteroatoms. The highest BCUT2D eigenvalue weighted by Crippen LogP contribution is 2.17. The second-order valence-corrected chi connectivity index (χ2v) is 6.41. The van der Waals surface area contributed by atoms with Gasteiger partial charge in [-0.2, -0.15) is 0 Å². The number of hydrogen-bond acceptors (Lipinski definition) is 2. The van der Waals surface area contributed by atoms with Gasteiger partial charge in [0.05, 0.1) is 6.04 Å². The van der Waals surface area contributed by atoms with Gasteiger partial charge >= 0.3 is 0 Å². The maximum absolute atomic E-state index is 11.9. The van der Waals surface area contributed by atoms with Crippen molar-refractivity contribution >= 4 is 37.8 Å². The van der Waals surface area contributed by atoms with Gasteiger partial charge in [-0.25, -0.2) is 0 Å². The molecule has 2 rings (SSSR count). The maximum atomic E-state index is 11.9. The van der Waals surface area contributed by atoms with E-state index < -0.39 is 0 Å². The standard InChI is InChI=1S/C16H15Br2NO2/c1-11(12-2-4-13(17)5-3-12)19-16(20)10-21-15-8-6-14(18)7-9-15/h2-9,11H,10H2,1H3,(H,19,20)/t11-/m0/s1. The number of carbonyl (C=O) groups is 1. The molecule has 0 heterocycles. The lowest BCUT2D eigenvalue weighted by molar-refractivity contribution is -0.123. The van der Waals surface area contributed by atoms with Crippen molar-refractivity contribution in [2.75, 3.05) is 6.61 Å². The first-order valence-corrected chi connectivity index (χ1v) is 8.06. The molecule has 110 valence electrons. The number of nitrogens with one attached hydrogen (secondary N) is 1. The van der Waals surface area contributed by atoms with Crippen LogP contribution in [0.3, 0.4) is 0 Å². The van der Waals surface area contributed by atoms with E-state index in [2.05, 4.69) is 37.2 Å². The predicted octanol–water partition coefficient (Wildman–Crippen LogP) is 4.47. The van der Waals surface area contributed by atoms with E-state index in [1.54, 1.807) is 0 Å². The molecule has 1 N–H and O–H groups in total. The van der Waals surface area contributed by atoms with Crippen LogP contribution in [-0.2, 0) is 4.79 Å². The summed E-state index contributed by atoms with van der Waals surface area (Å²) in [6, 6.07) is 15.2. The normalized spacial score (nSPS) is 11.8. The summed E-state index contributed by atoms with van der Waals surface area (Å²) in [5, 5.41) is 2.91. The van der Waals surface area contributed by atoms with E-state index in [0.717, 1.165) is 14.5 Å². The molecule has 1 amide bonds. The van der Waals surface area contributed by atoms with Crippen molar-refractivity contribution in [3.63, 3.8) is 0 Å². The van der Waals surface area contributed by atoms with Crippen LogP contribution in [0, 0.1) is 0 Å². The van der Waals surface area contributed by atoms with Crippen LogP contribution in [0.2, 0.25) is 0 Å². The molecule has 0 aliphatic heterocycles. The Labute approximate surface area is 141 Å². The second-order valence-electron chi connectivity index (χ2n) is 4.58. The molecule has 0 unspecified atom stereocenters. The number of benzene rings is 2. The zero-order chi connectivity index (χ0) is 15.2. The molecule has 0 saturated carbocycles. The Morgan fingerprint density at radius 3 is 2.14 bits per heavy atom. The second kappa shape index (κ2) is 7.61. The lowest BCUT2D eigenvalue weighted by atomic mass is 10.1. The van der Waals surface area contributed by atoms with Crippen LogP contribution in [0.5, 0.6) is 5.75 Å². The fourth-order valence-corrected chi connectivity index (χ4v) is 2.33. The van der Waals surface area contributed by atoms with Crippen LogP contribution >= 0.6 is 31.9 Å². The molecule has 3 nitrogen and oxygen atoms in total. The number of amides is 1. The van der Waals surface area contributed by atoms with Crippen molar-refractivity contribution in [1.29, 1.82) is 0 Å². The Hall–Kier alpha value is -1.33. The van der Waals surface area contributed by atoms with E-state index >= 15 is 0 Å². The van der Waals surface area contributed by atoms with Crippen molar-refractivity contribution < 1.29 is 9.53 Å². The quantitative estimate of drug-likeness (QED) is 0.786. The average Bonchev–Trinajstić information content (AvgIpc) is 2.47.